The first kappa shape index (κ1) is 14.0. The molecule has 0 aliphatic heterocycles. The molecule has 106 valence electrons. The third-order valence-electron chi connectivity index (χ3n) is 2.66. The molecule has 0 spiro atoms. The molecule has 1 heterocycles. The minimum absolute atomic E-state index is 0.107. The molecule has 20 heavy (non-hydrogen) atoms. The lowest BCUT2D eigenvalue weighted by Crippen LogP contribution is -2.23. The van der Waals surface area contributed by atoms with Crippen molar-refractivity contribution in [1.82, 2.24) is 9.55 Å². The van der Waals surface area contributed by atoms with Gasteiger partial charge in [-0.2, -0.15) is 0 Å². The molecule has 7 nitrogen and oxygen atoms in total. The van der Waals surface area contributed by atoms with Crippen LogP contribution in [-0.2, 0) is 6.54 Å². The van der Waals surface area contributed by atoms with Crippen molar-refractivity contribution in [2.24, 2.45) is 0 Å². The van der Waals surface area contributed by atoms with Gasteiger partial charge < -0.3 is 24.5 Å². The van der Waals surface area contributed by atoms with Crippen LogP contribution in [0.15, 0.2) is 36.8 Å². The molecule has 1 N–H and O–H groups in total. The number of rotatable bonds is 6. The fourth-order valence-electron chi connectivity index (χ4n) is 1.74. The van der Waals surface area contributed by atoms with Crippen molar-refractivity contribution >= 4 is 5.82 Å². The van der Waals surface area contributed by atoms with Gasteiger partial charge in [0.05, 0.1) is 6.54 Å². The number of ether oxygens (including phenoxy) is 1. The lowest BCUT2D eigenvalue weighted by Gasteiger charge is -2.12. The van der Waals surface area contributed by atoms with Crippen LogP contribution in [0, 0.1) is 17.0 Å². The maximum Gasteiger partial charge on any atom is 0.381 e. The Balaban J connectivity index is 1.85. The van der Waals surface area contributed by atoms with E-state index in [1.807, 2.05) is 31.2 Å². The van der Waals surface area contributed by atoms with Crippen LogP contribution in [0.3, 0.4) is 0 Å². The van der Waals surface area contributed by atoms with Gasteiger partial charge in [0, 0.05) is 0 Å². The number of hydrogen-bond acceptors (Lipinski definition) is 5. The molecule has 1 aromatic heterocycles. The highest BCUT2D eigenvalue weighted by Crippen LogP contribution is 2.13. The highest BCUT2D eigenvalue weighted by Gasteiger charge is 2.13. The monoisotopic (exact) mass is 277 g/mol. The Morgan fingerprint density at radius 3 is 3.00 bits per heavy atom. The second-order valence-corrected chi connectivity index (χ2v) is 4.47. The maximum atomic E-state index is 10.5. The van der Waals surface area contributed by atoms with Gasteiger partial charge in [0.15, 0.2) is 0 Å². The van der Waals surface area contributed by atoms with Gasteiger partial charge in [-0.05, 0) is 34.5 Å². The fraction of sp³-hybridized carbons (Fsp3) is 0.308. The summed E-state index contributed by atoms with van der Waals surface area (Å²) in [4.78, 5) is 13.5. The van der Waals surface area contributed by atoms with Gasteiger partial charge in [-0.3, -0.25) is 0 Å². The molecular formula is C13H15N3O4. The van der Waals surface area contributed by atoms with Crippen LogP contribution in [0.25, 0.3) is 0 Å². The zero-order valence-electron chi connectivity index (χ0n) is 11.0. The average molecular weight is 277 g/mol. The van der Waals surface area contributed by atoms with Gasteiger partial charge in [0.1, 0.15) is 24.7 Å². The third-order valence-corrected chi connectivity index (χ3v) is 2.66. The van der Waals surface area contributed by atoms with Crippen molar-refractivity contribution in [1.29, 1.82) is 0 Å². The maximum absolute atomic E-state index is 10.5. The average Bonchev–Trinajstić information content (AvgIpc) is 2.85. The minimum atomic E-state index is -0.774. The molecule has 1 unspecified atom stereocenters. The molecule has 0 aliphatic carbocycles. The van der Waals surface area contributed by atoms with Gasteiger partial charge in [-0.15, -0.1) is 0 Å². The SMILES string of the molecule is Cc1cccc(OCC(O)Cn2cnc([N+](=O)[O-])c2)c1. The number of nitrogens with zero attached hydrogens (tertiary/aromatic N) is 3. The summed E-state index contributed by atoms with van der Waals surface area (Å²) in [6, 6.07) is 7.50. The molecule has 2 aromatic rings. The third kappa shape index (κ3) is 3.79. The Morgan fingerprint density at radius 2 is 2.35 bits per heavy atom. The number of imidazole rings is 1. The number of aliphatic hydroxyl groups is 1. The number of aliphatic hydroxyl groups excluding tert-OH is 1. The van der Waals surface area contributed by atoms with Crippen molar-refractivity contribution < 1.29 is 14.8 Å². The minimum Gasteiger partial charge on any atom is -0.491 e. The molecule has 0 aliphatic rings. The summed E-state index contributed by atoms with van der Waals surface area (Å²) >= 11 is 0. The lowest BCUT2D eigenvalue weighted by molar-refractivity contribution is -0.389. The zero-order valence-corrected chi connectivity index (χ0v) is 11.0. The highest BCUT2D eigenvalue weighted by molar-refractivity contribution is 5.27. The quantitative estimate of drug-likeness (QED) is 0.639. The predicted octanol–water partition coefficient (Wildman–Crippen LogP) is 1.54. The van der Waals surface area contributed by atoms with E-state index in [-0.39, 0.29) is 19.0 Å². The molecule has 0 amide bonds. The first-order chi connectivity index (χ1) is 9.54. The number of benzene rings is 1. The number of aryl methyl sites for hydroxylation is 1. The van der Waals surface area contributed by atoms with Crippen molar-refractivity contribution in [3.05, 3.63) is 52.5 Å². The molecule has 0 bridgehead atoms. The normalized spacial score (nSPS) is 12.1. The Hall–Kier alpha value is -2.41. The molecule has 1 atom stereocenters. The standard InChI is InChI=1S/C13H15N3O4/c1-10-3-2-4-12(5-10)20-8-11(17)6-15-7-13(14-9-15)16(18)19/h2-5,7,9,11,17H,6,8H2,1H3. The van der Waals surface area contributed by atoms with E-state index in [4.69, 9.17) is 4.74 Å². The fourth-order valence-corrected chi connectivity index (χ4v) is 1.74. The van der Waals surface area contributed by atoms with Crippen LogP contribution in [0.1, 0.15) is 5.56 Å². The first-order valence-electron chi connectivity index (χ1n) is 6.08. The molecule has 0 saturated carbocycles. The molecule has 0 radical (unpaired) electrons. The van der Waals surface area contributed by atoms with E-state index in [9.17, 15) is 15.2 Å². The molecule has 7 heteroatoms. The van der Waals surface area contributed by atoms with Crippen LogP contribution in [0.2, 0.25) is 0 Å². The second kappa shape index (κ2) is 6.16. The number of nitro groups is 1. The Labute approximate surface area is 115 Å². The molecular weight excluding hydrogens is 262 g/mol. The van der Waals surface area contributed by atoms with Gasteiger partial charge in [-0.25, -0.2) is 0 Å². The van der Waals surface area contributed by atoms with Crippen LogP contribution >= 0.6 is 0 Å². The van der Waals surface area contributed by atoms with Crippen LogP contribution in [-0.4, -0.2) is 32.3 Å². The summed E-state index contributed by atoms with van der Waals surface area (Å²) in [5.74, 6) is 0.442. The largest absolute Gasteiger partial charge is 0.491 e. The van der Waals surface area contributed by atoms with E-state index in [0.717, 1.165) is 5.56 Å². The summed E-state index contributed by atoms with van der Waals surface area (Å²) in [6.07, 6.45) is 1.81. The van der Waals surface area contributed by atoms with E-state index in [1.54, 1.807) is 0 Å². The van der Waals surface area contributed by atoms with E-state index in [0.29, 0.717) is 5.75 Å². The highest BCUT2D eigenvalue weighted by atomic mass is 16.6. The lowest BCUT2D eigenvalue weighted by atomic mass is 10.2. The summed E-state index contributed by atoms with van der Waals surface area (Å²) in [5, 5.41) is 20.3. The smallest absolute Gasteiger partial charge is 0.381 e. The Kier molecular flexibility index (Phi) is 4.31. The molecule has 0 fully saturated rings. The van der Waals surface area contributed by atoms with Gasteiger partial charge >= 0.3 is 5.82 Å². The van der Waals surface area contributed by atoms with Gasteiger partial charge in [0.2, 0.25) is 6.33 Å². The Morgan fingerprint density at radius 1 is 1.55 bits per heavy atom. The van der Waals surface area contributed by atoms with Gasteiger partial charge in [-0.1, -0.05) is 12.1 Å². The summed E-state index contributed by atoms with van der Waals surface area (Å²) in [7, 11) is 0. The van der Waals surface area contributed by atoms with Gasteiger partial charge in [0.25, 0.3) is 0 Å². The topological polar surface area (TPSA) is 90.4 Å². The van der Waals surface area contributed by atoms with Crippen molar-refractivity contribution in [2.45, 2.75) is 19.6 Å². The first-order valence-corrected chi connectivity index (χ1v) is 6.08. The molecule has 1 aromatic carbocycles. The Bertz CT molecular complexity index is 597. The van der Waals surface area contributed by atoms with Crippen LogP contribution in [0.5, 0.6) is 5.75 Å². The number of hydrogen-bond donors (Lipinski definition) is 1. The summed E-state index contributed by atoms with van der Waals surface area (Å²) < 4.78 is 6.92. The van der Waals surface area contributed by atoms with E-state index in [1.165, 1.54) is 17.1 Å². The van der Waals surface area contributed by atoms with E-state index < -0.39 is 11.0 Å². The zero-order chi connectivity index (χ0) is 14.5. The van der Waals surface area contributed by atoms with Crippen LogP contribution in [0.4, 0.5) is 5.82 Å². The van der Waals surface area contributed by atoms with E-state index >= 15 is 0 Å². The molecule has 0 saturated heterocycles. The van der Waals surface area contributed by atoms with Crippen molar-refractivity contribution in [3.63, 3.8) is 0 Å². The number of aromatic nitrogens is 2. The summed E-state index contributed by atoms with van der Waals surface area (Å²) in [5.41, 5.74) is 1.07. The van der Waals surface area contributed by atoms with Crippen LogP contribution < -0.4 is 4.74 Å². The predicted molar refractivity (Wildman–Crippen MR) is 71.6 cm³/mol. The van der Waals surface area contributed by atoms with Crippen molar-refractivity contribution in [2.75, 3.05) is 6.61 Å². The summed E-state index contributed by atoms with van der Waals surface area (Å²) in [6.45, 7) is 2.25. The van der Waals surface area contributed by atoms with E-state index in [2.05, 4.69) is 4.98 Å². The molecule has 2 rings (SSSR count). The second-order valence-electron chi connectivity index (χ2n) is 4.47. The van der Waals surface area contributed by atoms with Crippen molar-refractivity contribution in [3.8, 4) is 5.75 Å².